The lowest BCUT2D eigenvalue weighted by Crippen LogP contribution is -1.96. The van der Waals surface area contributed by atoms with E-state index in [1.807, 2.05) is 0 Å². The number of rotatable bonds is 4. The SMILES string of the molecule is CCCCC(C)C1C=C1. The molecule has 1 atom stereocenters. The van der Waals surface area contributed by atoms with Crippen LogP contribution >= 0.6 is 0 Å². The molecule has 0 radical (unpaired) electrons. The van der Waals surface area contributed by atoms with Gasteiger partial charge in [0.1, 0.15) is 0 Å². The molecular weight excluding hydrogens is 108 g/mol. The molecule has 0 fully saturated rings. The predicted octanol–water partition coefficient (Wildman–Crippen LogP) is 3.00. The highest BCUT2D eigenvalue weighted by Crippen LogP contribution is 2.29. The van der Waals surface area contributed by atoms with E-state index in [1.165, 1.54) is 19.3 Å². The van der Waals surface area contributed by atoms with Gasteiger partial charge in [-0.15, -0.1) is 0 Å². The smallest absolute Gasteiger partial charge is 0.00274 e. The average Bonchev–Trinajstić information content (AvgIpc) is 2.63. The molecule has 0 bridgehead atoms. The van der Waals surface area contributed by atoms with Gasteiger partial charge in [-0.3, -0.25) is 0 Å². The fraction of sp³-hybridized carbons (Fsp3) is 0.778. The number of hydrogen-bond donors (Lipinski definition) is 0. The molecule has 0 N–H and O–H groups in total. The molecule has 0 heteroatoms. The Labute approximate surface area is 58.0 Å². The Morgan fingerprint density at radius 3 is 2.56 bits per heavy atom. The van der Waals surface area contributed by atoms with Gasteiger partial charge in [-0.2, -0.15) is 0 Å². The van der Waals surface area contributed by atoms with Gasteiger partial charge in [-0.25, -0.2) is 0 Å². The average molecular weight is 124 g/mol. The quantitative estimate of drug-likeness (QED) is 0.505. The molecule has 0 saturated heterocycles. The molecule has 52 valence electrons. The van der Waals surface area contributed by atoms with Gasteiger partial charge in [0, 0.05) is 0 Å². The van der Waals surface area contributed by atoms with E-state index in [0.717, 1.165) is 11.8 Å². The lowest BCUT2D eigenvalue weighted by Gasteiger charge is -2.07. The first-order valence-corrected chi connectivity index (χ1v) is 4.03. The van der Waals surface area contributed by atoms with E-state index in [1.54, 1.807) is 0 Å². The van der Waals surface area contributed by atoms with Crippen molar-refractivity contribution in [1.29, 1.82) is 0 Å². The summed E-state index contributed by atoms with van der Waals surface area (Å²) in [6.07, 6.45) is 8.77. The Hall–Kier alpha value is -0.260. The first-order valence-electron chi connectivity index (χ1n) is 4.03. The molecular formula is C9H16. The van der Waals surface area contributed by atoms with Crippen molar-refractivity contribution in [3.05, 3.63) is 12.2 Å². The predicted molar refractivity (Wildman–Crippen MR) is 41.3 cm³/mol. The van der Waals surface area contributed by atoms with Crippen LogP contribution in [-0.4, -0.2) is 0 Å². The van der Waals surface area contributed by atoms with Crippen LogP contribution in [0.3, 0.4) is 0 Å². The fourth-order valence-corrected chi connectivity index (χ4v) is 1.16. The second-order valence-electron chi connectivity index (χ2n) is 3.08. The van der Waals surface area contributed by atoms with Crippen LogP contribution in [0.4, 0.5) is 0 Å². The number of allylic oxidation sites excluding steroid dienone is 2. The monoisotopic (exact) mass is 124 g/mol. The fourth-order valence-electron chi connectivity index (χ4n) is 1.16. The lowest BCUT2D eigenvalue weighted by molar-refractivity contribution is 0.474. The minimum Gasteiger partial charge on any atom is -0.0808 e. The van der Waals surface area contributed by atoms with Crippen molar-refractivity contribution < 1.29 is 0 Å². The molecule has 0 amide bonds. The van der Waals surface area contributed by atoms with E-state index in [2.05, 4.69) is 26.0 Å². The molecule has 0 saturated carbocycles. The summed E-state index contributed by atoms with van der Waals surface area (Å²) in [7, 11) is 0. The summed E-state index contributed by atoms with van der Waals surface area (Å²) < 4.78 is 0. The van der Waals surface area contributed by atoms with E-state index in [9.17, 15) is 0 Å². The molecule has 1 unspecified atom stereocenters. The first-order chi connectivity index (χ1) is 4.34. The maximum absolute atomic E-state index is 2.35. The highest BCUT2D eigenvalue weighted by Gasteiger charge is 2.17. The Balaban J connectivity index is 1.97. The third-order valence-corrected chi connectivity index (χ3v) is 2.08. The summed E-state index contributed by atoms with van der Waals surface area (Å²) in [5.41, 5.74) is 0. The Morgan fingerprint density at radius 1 is 1.44 bits per heavy atom. The largest absolute Gasteiger partial charge is 0.0808 e. The first kappa shape index (κ1) is 6.85. The van der Waals surface area contributed by atoms with Crippen LogP contribution in [0, 0.1) is 11.8 Å². The van der Waals surface area contributed by atoms with Crippen LogP contribution in [-0.2, 0) is 0 Å². The van der Waals surface area contributed by atoms with Gasteiger partial charge in [-0.05, 0) is 18.3 Å². The van der Waals surface area contributed by atoms with Crippen LogP contribution < -0.4 is 0 Å². The minimum atomic E-state index is 0.872. The van der Waals surface area contributed by atoms with Gasteiger partial charge in [-0.1, -0.05) is 38.8 Å². The highest BCUT2D eigenvalue weighted by atomic mass is 14.2. The summed E-state index contributed by atoms with van der Waals surface area (Å²) in [5, 5.41) is 0. The van der Waals surface area contributed by atoms with Crippen molar-refractivity contribution in [1.82, 2.24) is 0 Å². The van der Waals surface area contributed by atoms with E-state index in [4.69, 9.17) is 0 Å². The number of unbranched alkanes of at least 4 members (excludes halogenated alkanes) is 1. The zero-order chi connectivity index (χ0) is 6.69. The van der Waals surface area contributed by atoms with Crippen LogP contribution in [0.25, 0.3) is 0 Å². The molecule has 0 nitrogen and oxygen atoms in total. The molecule has 0 heterocycles. The molecule has 0 aromatic rings. The lowest BCUT2D eigenvalue weighted by atomic mass is 9.98. The third-order valence-electron chi connectivity index (χ3n) is 2.08. The van der Waals surface area contributed by atoms with Gasteiger partial charge in [0.2, 0.25) is 0 Å². The van der Waals surface area contributed by atoms with Crippen molar-refractivity contribution >= 4 is 0 Å². The molecule has 1 aliphatic rings. The van der Waals surface area contributed by atoms with Crippen molar-refractivity contribution in [2.24, 2.45) is 11.8 Å². The van der Waals surface area contributed by atoms with Crippen molar-refractivity contribution in [3.8, 4) is 0 Å². The van der Waals surface area contributed by atoms with Crippen LogP contribution in [0.5, 0.6) is 0 Å². The molecule has 0 spiro atoms. The van der Waals surface area contributed by atoms with Gasteiger partial charge in [0.05, 0.1) is 0 Å². The van der Waals surface area contributed by atoms with Crippen LogP contribution in [0.15, 0.2) is 12.2 Å². The summed E-state index contributed by atoms with van der Waals surface area (Å²) >= 11 is 0. The Kier molecular flexibility index (Phi) is 2.32. The topological polar surface area (TPSA) is 0 Å². The zero-order valence-electron chi connectivity index (χ0n) is 6.43. The van der Waals surface area contributed by atoms with Gasteiger partial charge >= 0.3 is 0 Å². The Morgan fingerprint density at radius 2 is 2.11 bits per heavy atom. The molecule has 0 aliphatic heterocycles. The van der Waals surface area contributed by atoms with Crippen LogP contribution in [0.2, 0.25) is 0 Å². The van der Waals surface area contributed by atoms with E-state index < -0.39 is 0 Å². The summed E-state index contributed by atoms with van der Waals surface area (Å²) in [4.78, 5) is 0. The molecule has 9 heavy (non-hydrogen) atoms. The van der Waals surface area contributed by atoms with Crippen molar-refractivity contribution in [2.45, 2.75) is 33.1 Å². The molecule has 1 rings (SSSR count). The second-order valence-corrected chi connectivity index (χ2v) is 3.08. The maximum Gasteiger partial charge on any atom is -0.00274 e. The van der Waals surface area contributed by atoms with E-state index >= 15 is 0 Å². The standard InChI is InChI=1S/C9H16/c1-3-4-5-8(2)9-6-7-9/h6-9H,3-5H2,1-2H3. The second kappa shape index (κ2) is 3.05. The normalized spacial score (nSPS) is 20.2. The Bertz CT molecular complexity index is 96.6. The number of hydrogen-bond acceptors (Lipinski definition) is 0. The minimum absolute atomic E-state index is 0.872. The molecule has 0 aromatic carbocycles. The highest BCUT2D eigenvalue weighted by molar-refractivity contribution is 5.14. The van der Waals surface area contributed by atoms with Crippen molar-refractivity contribution in [2.75, 3.05) is 0 Å². The van der Waals surface area contributed by atoms with Crippen molar-refractivity contribution in [3.63, 3.8) is 0 Å². The summed E-state index contributed by atoms with van der Waals surface area (Å²) in [6.45, 7) is 4.60. The van der Waals surface area contributed by atoms with Gasteiger partial charge in [0.25, 0.3) is 0 Å². The molecule has 0 aromatic heterocycles. The van der Waals surface area contributed by atoms with Gasteiger partial charge in [0.15, 0.2) is 0 Å². The third kappa shape index (κ3) is 2.21. The zero-order valence-corrected chi connectivity index (χ0v) is 6.43. The van der Waals surface area contributed by atoms with E-state index in [-0.39, 0.29) is 0 Å². The van der Waals surface area contributed by atoms with E-state index in [0.29, 0.717) is 0 Å². The maximum atomic E-state index is 2.35. The summed E-state index contributed by atoms with van der Waals surface area (Å²) in [5.74, 6) is 1.79. The summed E-state index contributed by atoms with van der Waals surface area (Å²) in [6, 6.07) is 0. The molecule has 1 aliphatic carbocycles. The van der Waals surface area contributed by atoms with Crippen LogP contribution in [0.1, 0.15) is 33.1 Å². The van der Waals surface area contributed by atoms with Gasteiger partial charge < -0.3 is 0 Å².